The molecule has 0 atom stereocenters. The average Bonchev–Trinajstić information content (AvgIpc) is 0.917. The van der Waals surface area contributed by atoms with Crippen LogP contribution in [0, 0.1) is 21.6 Å². The lowest BCUT2D eigenvalue weighted by atomic mass is 10.3. The molecule has 0 fully saturated rings. The first-order valence-electron chi connectivity index (χ1n) is 42.8. The van der Waals surface area contributed by atoms with E-state index in [0.29, 0.717) is 63.1 Å². The van der Waals surface area contributed by atoms with Crippen LogP contribution in [0.5, 0.6) is 0 Å². The van der Waals surface area contributed by atoms with Crippen LogP contribution in [0.3, 0.4) is 0 Å². The van der Waals surface area contributed by atoms with Gasteiger partial charge in [-0.25, -0.2) is 0 Å². The molecule has 51 N–H and O–H groups in total. The number of nitrogens with zero attached hydrogens (tertiary/aromatic N) is 21. The van der Waals surface area contributed by atoms with Crippen LogP contribution in [-0.4, -0.2) is 330 Å². The molecule has 54 nitrogen and oxygen atoms in total. The van der Waals surface area contributed by atoms with Gasteiger partial charge in [0.05, 0.1) is 0 Å². The monoisotopic (exact) mass is 1920 g/mol. The van der Waals surface area contributed by atoms with Crippen molar-refractivity contribution in [2.75, 3.05) is 143 Å². The number of nitrogens with one attached hydrogen (secondary N) is 15. The summed E-state index contributed by atoms with van der Waals surface area (Å²) >= 11 is 0. The molecular weight excluding hydrogens is 1770 g/mol. The third-order valence-corrected chi connectivity index (χ3v) is 18.0. The molecule has 9 heterocycles. The Balaban J connectivity index is 0.000000776. The minimum atomic E-state index is -0.128. The quantitative estimate of drug-likeness (QED) is 0.0179. The van der Waals surface area contributed by atoms with Crippen molar-refractivity contribution in [1.29, 1.82) is 21.6 Å². The normalized spacial score (nSPS) is 11.5. The summed E-state index contributed by atoms with van der Waals surface area (Å²) in [6, 6.07) is 35.6. The van der Waals surface area contributed by atoms with E-state index in [-0.39, 0.29) is 83.4 Å². The van der Waals surface area contributed by atoms with Crippen LogP contribution in [-0.2, 0) is 57.8 Å². The summed E-state index contributed by atoms with van der Waals surface area (Å²) in [7, 11) is 20.6. The number of likely N-dealkylation sites (N-methyl/N-ethyl adjacent to an activating group) is 4. The van der Waals surface area contributed by atoms with Crippen LogP contribution in [0.4, 0.5) is 0 Å². The van der Waals surface area contributed by atoms with E-state index >= 15 is 0 Å². The third kappa shape index (κ3) is 58.1. The van der Waals surface area contributed by atoms with Gasteiger partial charge in [-0.2, -0.15) is 30.0 Å². The standard InChI is InChI=1S/4C10H18N6.4C9H16N6.C8H14N6/c1-16(2)10(12)15-9(11)14-7-5-8-4-3-6-13-8;1-13-9(11)15-10(12)16(2)7-5-8-4-3-6-14-8;1-15(10(13)16(2)9(11)12)7-5-8-4-3-6-14-8;1-13-10(15-9(11)12)16(2)7-5-8-4-3-6-14-8;1-12-8(10)15-9(11)14-6-4-7-3-2-5-13-7;1-15(9(12)14-8(10)11)6-4-7-3-2-5-13-7;1-15(8(10)11)9(12)14-6-4-7-3-2-5-13-7;1-12-9(15-8(10)11)14-6-4-7-3-2-5-13-7;9-7(10)14-8(11)13-5-3-6-2-1-4-12-6/h3-4,6,13H,5,7H2,1-2H3,(H4,11,12,14,15);3-4,6,14H,5,7H2,1-2H3,(H4,11,12,13,15);3-4,6,13-14H,5,7H2,1-2H3,(H3,11,12);3-4,6,14H,5,7H2,1-2H3,(H4,11,12,13,15);2-3,5,13H,4,6H2,1H3,(H5,10,11,12,14,15);2-3,5,13H,4,6H2,1H3,(H5,10,11,12,14);2-3,5,13H,4,6H2,1H3,(H3,10,11)(H2,12,14);2-3,5,13H,4,6H2,1H3,(H5,10,11,12,14,15);1-2,4,12H,3,5H2,(H6,9,10,11,13,14). The highest BCUT2D eigenvalue weighted by Gasteiger charge is 2.14. The summed E-state index contributed by atoms with van der Waals surface area (Å²) in [5.41, 5.74) is 107. The molecule has 138 heavy (non-hydrogen) atoms. The van der Waals surface area contributed by atoms with Crippen molar-refractivity contribution in [2.24, 2.45) is 173 Å². The average molecular weight is 1920 g/mol. The summed E-state index contributed by atoms with van der Waals surface area (Å²) in [5, 5.41) is 35.3. The molecule has 9 rings (SSSR count). The second-order valence-corrected chi connectivity index (χ2v) is 29.0. The van der Waals surface area contributed by atoms with Gasteiger partial charge in [-0.05, 0) is 109 Å². The smallest absolute Gasteiger partial charge is 0.223 e. The molecule has 0 saturated heterocycles. The summed E-state index contributed by atoms with van der Waals surface area (Å²) < 4.78 is 0. The van der Waals surface area contributed by atoms with Gasteiger partial charge in [0.15, 0.2) is 71.5 Å². The molecule has 0 amide bonds. The van der Waals surface area contributed by atoms with Gasteiger partial charge in [0.1, 0.15) is 0 Å². The van der Waals surface area contributed by atoms with Crippen molar-refractivity contribution in [3.05, 3.63) is 216 Å². The highest BCUT2D eigenvalue weighted by atomic mass is 15.4. The van der Waals surface area contributed by atoms with E-state index in [2.05, 4.69) is 125 Å². The lowest BCUT2D eigenvalue weighted by Gasteiger charge is -2.26. The predicted molar refractivity (Wildman–Crippen MR) is 565 cm³/mol. The molecule has 0 radical (unpaired) electrons. The molecule has 0 aliphatic rings. The van der Waals surface area contributed by atoms with E-state index in [0.717, 1.165) is 123 Å². The first kappa shape index (κ1) is 118. The van der Waals surface area contributed by atoms with E-state index in [9.17, 15) is 0 Å². The zero-order valence-corrected chi connectivity index (χ0v) is 81.1. The second-order valence-electron chi connectivity index (χ2n) is 29.0. The maximum Gasteiger partial charge on any atom is 0.223 e. The number of rotatable bonds is 27. The number of aliphatic imine (C=N–C) groups is 14. The van der Waals surface area contributed by atoms with Gasteiger partial charge in [0.2, 0.25) is 35.8 Å². The number of aromatic amines is 9. The van der Waals surface area contributed by atoms with E-state index in [1.165, 1.54) is 15.5 Å². The van der Waals surface area contributed by atoms with Crippen LogP contribution in [0.25, 0.3) is 0 Å². The zero-order valence-electron chi connectivity index (χ0n) is 81.1. The highest BCUT2D eigenvalue weighted by molar-refractivity contribution is 5.99. The predicted octanol–water partition coefficient (Wildman–Crippen LogP) is -3.15. The fourth-order valence-corrected chi connectivity index (χ4v) is 10.2. The van der Waals surface area contributed by atoms with Crippen molar-refractivity contribution < 1.29 is 0 Å². The van der Waals surface area contributed by atoms with Gasteiger partial charge in [-0.3, -0.25) is 76.7 Å². The third-order valence-electron chi connectivity index (χ3n) is 18.0. The van der Waals surface area contributed by atoms with E-state index < -0.39 is 0 Å². The van der Waals surface area contributed by atoms with Crippen molar-refractivity contribution in [1.82, 2.24) is 89.8 Å². The molecule has 54 heteroatoms. The van der Waals surface area contributed by atoms with E-state index in [1.54, 1.807) is 78.1 Å². The molecular formula is C84H150N54. The fraction of sp³-hybridized carbons (Fsp3) is 0.357. The number of H-pyrrole nitrogens is 9. The molecule has 0 aromatic carbocycles. The Bertz CT molecular complexity index is 5150. The van der Waals surface area contributed by atoms with Gasteiger partial charge >= 0.3 is 0 Å². The van der Waals surface area contributed by atoms with E-state index in [4.69, 9.17) is 125 Å². The van der Waals surface area contributed by atoms with Gasteiger partial charge < -0.3 is 178 Å². The largest absolute Gasteiger partial charge is 0.370 e. The molecule has 0 aliphatic carbocycles. The van der Waals surface area contributed by atoms with Gasteiger partial charge in [-0.1, -0.05) is 0 Å². The van der Waals surface area contributed by atoms with Crippen LogP contribution in [0.15, 0.2) is 235 Å². The van der Waals surface area contributed by atoms with Crippen molar-refractivity contribution in [2.45, 2.75) is 57.8 Å². The molecule has 0 aliphatic heterocycles. The number of hydrogen-bond acceptors (Lipinski definition) is 12. The maximum absolute atomic E-state index is 7.78. The Morgan fingerprint density at radius 1 is 0.297 bits per heavy atom. The highest BCUT2D eigenvalue weighted by Crippen LogP contribution is 2.06. The Morgan fingerprint density at radius 2 is 0.623 bits per heavy atom. The summed E-state index contributed by atoms with van der Waals surface area (Å²) in [4.78, 5) is 93.8. The van der Waals surface area contributed by atoms with Crippen LogP contribution in [0.2, 0.25) is 0 Å². The molecule has 9 aromatic rings. The topological polar surface area (TPSA) is 926 Å². The maximum atomic E-state index is 7.78. The number of hydrogen-bond donors (Lipinski definition) is 33. The van der Waals surface area contributed by atoms with Crippen molar-refractivity contribution in [3.63, 3.8) is 0 Å². The zero-order chi connectivity index (χ0) is 103. The molecule has 0 saturated carbocycles. The Morgan fingerprint density at radius 3 is 0.949 bits per heavy atom. The van der Waals surface area contributed by atoms with Crippen LogP contribution < -0.4 is 114 Å². The molecule has 756 valence electrons. The second kappa shape index (κ2) is 70.0. The molecule has 9 aromatic heterocycles. The molecule has 0 unspecified atom stereocenters. The summed E-state index contributed by atoms with van der Waals surface area (Å²) in [5.74, 6) is 2.90. The SMILES string of the molecule is CN(C(=N)N)C(N)=NCCc1ccc[nH]1.CN(C)C(N)=NC(N)=NCCc1ccc[nH]1.CN(CCc1ccc[nH]1)C(=N)N(C)C(=N)N.CN(CCc1ccc[nH]1)C(=N)N=C(N)N.CN=C(N)N=C(N)N(C)CCc1ccc[nH]1.CN=C(N)NC(N)=NCCc1ccc[nH]1.CN=C(N=C(N)N)N(C)CCc1ccc[nH]1.CN=C(N=C(N)N)NCCc1ccc[nH]1.NC(N)=NC(N)=NCCc1ccc[nH]1. The number of guanidine groups is 18. The van der Waals surface area contributed by atoms with Crippen molar-refractivity contribution >= 4 is 107 Å². The lowest BCUT2D eigenvalue weighted by Crippen LogP contribution is -2.46. The fourth-order valence-electron chi connectivity index (χ4n) is 10.2. The number of nitrogens with two attached hydrogens (primary N) is 18. The van der Waals surface area contributed by atoms with Crippen LogP contribution in [0.1, 0.15) is 51.2 Å². The number of aromatic nitrogens is 9. The minimum absolute atomic E-state index is 0.00275. The van der Waals surface area contributed by atoms with Crippen LogP contribution >= 0.6 is 0 Å². The van der Waals surface area contributed by atoms with E-state index in [1.807, 2.05) is 196 Å². The Labute approximate surface area is 805 Å². The minimum Gasteiger partial charge on any atom is -0.370 e. The summed E-state index contributed by atoms with van der Waals surface area (Å²) in [6.45, 7) is 6.02. The first-order valence-corrected chi connectivity index (χ1v) is 42.8. The van der Waals surface area contributed by atoms with Crippen molar-refractivity contribution in [3.8, 4) is 0 Å². The first-order chi connectivity index (χ1) is 65.7. The molecule has 0 bridgehead atoms. The molecule has 0 spiro atoms. The summed E-state index contributed by atoms with van der Waals surface area (Å²) in [6.07, 6.45) is 24.4. The van der Waals surface area contributed by atoms with Gasteiger partial charge in [0.25, 0.3) is 0 Å². The van der Waals surface area contributed by atoms with Gasteiger partial charge in [-0.15, -0.1) is 0 Å². The Kier molecular flexibility index (Phi) is 60.0. The van der Waals surface area contributed by atoms with Gasteiger partial charge in [0, 0.05) is 308 Å². The Hall–Kier alpha value is -17.8. The lowest BCUT2D eigenvalue weighted by molar-refractivity contribution is 0.447.